The minimum Gasteiger partial charge on any atom is -0.192 e. The van der Waals surface area contributed by atoms with Crippen molar-refractivity contribution < 1.29 is 0 Å². The predicted molar refractivity (Wildman–Crippen MR) is 114 cm³/mol. The van der Waals surface area contributed by atoms with E-state index in [2.05, 4.69) is 45.7 Å². The first-order valence-electron chi connectivity index (χ1n) is 10.1. The van der Waals surface area contributed by atoms with Crippen LogP contribution >= 0.6 is 0 Å². The number of rotatable bonds is 1. The first-order chi connectivity index (χ1) is 14.7. The third-order valence-electron chi connectivity index (χ3n) is 6.42. The molecule has 0 saturated carbocycles. The van der Waals surface area contributed by atoms with Crippen molar-refractivity contribution in [1.82, 2.24) is 10.2 Å². The van der Waals surface area contributed by atoms with Gasteiger partial charge in [-0.15, -0.1) is 0 Å². The maximum Gasteiger partial charge on any atom is 0.205 e. The highest BCUT2D eigenvalue weighted by molar-refractivity contribution is 6.10. The van der Waals surface area contributed by atoms with Gasteiger partial charge in [-0.25, -0.2) is 0 Å². The highest BCUT2D eigenvalue weighted by Crippen LogP contribution is 2.46. The smallest absolute Gasteiger partial charge is 0.192 e. The molecule has 0 fully saturated rings. The molecule has 2 aromatic carbocycles. The number of aliphatic imine (C=N–C) groups is 1. The molecule has 1 spiro atoms. The van der Waals surface area contributed by atoms with Crippen LogP contribution in [0.25, 0.3) is 11.1 Å². The van der Waals surface area contributed by atoms with Crippen LogP contribution in [0.2, 0.25) is 0 Å². The van der Waals surface area contributed by atoms with Gasteiger partial charge in [-0.05, 0) is 78.1 Å². The SMILES string of the molecule is N#C/N=C1\c2cc(-c3cccc(C#N)c3)ccc2CC12CCCc1cnncc1C2. The Morgan fingerprint density at radius 3 is 2.53 bits per heavy atom. The monoisotopic (exact) mass is 389 g/mol. The van der Waals surface area contributed by atoms with E-state index in [9.17, 15) is 10.5 Å². The molecular weight excluding hydrogens is 370 g/mol. The maximum atomic E-state index is 9.49. The summed E-state index contributed by atoms with van der Waals surface area (Å²) in [6.07, 6.45) is 10.5. The third kappa shape index (κ3) is 2.96. The zero-order chi connectivity index (χ0) is 20.6. The maximum absolute atomic E-state index is 9.49. The van der Waals surface area contributed by atoms with E-state index in [-0.39, 0.29) is 5.41 Å². The molecule has 30 heavy (non-hydrogen) atoms. The summed E-state index contributed by atoms with van der Waals surface area (Å²) in [4.78, 5) is 4.36. The van der Waals surface area contributed by atoms with Crippen LogP contribution < -0.4 is 0 Å². The zero-order valence-electron chi connectivity index (χ0n) is 16.5. The van der Waals surface area contributed by atoms with Gasteiger partial charge in [-0.1, -0.05) is 24.3 Å². The number of benzene rings is 2. The molecule has 1 aromatic heterocycles. The van der Waals surface area contributed by atoms with Gasteiger partial charge in [0.15, 0.2) is 0 Å². The number of fused-ring (bicyclic) bond motifs is 2. The van der Waals surface area contributed by atoms with E-state index in [0.717, 1.165) is 54.5 Å². The minimum atomic E-state index is -0.181. The van der Waals surface area contributed by atoms with Crippen LogP contribution in [0.5, 0.6) is 0 Å². The second kappa shape index (κ2) is 7.21. The van der Waals surface area contributed by atoms with Gasteiger partial charge in [-0.3, -0.25) is 0 Å². The molecule has 0 saturated heterocycles. The van der Waals surface area contributed by atoms with E-state index in [1.807, 2.05) is 30.6 Å². The molecule has 0 bridgehead atoms. The second-order valence-electron chi connectivity index (χ2n) is 8.15. The molecule has 5 heteroatoms. The van der Waals surface area contributed by atoms with E-state index in [4.69, 9.17) is 0 Å². The standard InChI is InChI=1S/C25H19N5/c26-13-17-3-1-4-18(9-17)19-6-7-20-11-25(24(28-16-27)23(20)10-19)8-2-5-21-14-29-30-15-22(21)12-25/h1,3-4,6-7,9-10,14-15H,2,5,8,11-12H2/b28-24+. The van der Waals surface area contributed by atoms with Crippen molar-refractivity contribution in [2.45, 2.75) is 32.1 Å². The molecule has 5 nitrogen and oxygen atoms in total. The highest BCUT2D eigenvalue weighted by Gasteiger charge is 2.44. The molecule has 144 valence electrons. The van der Waals surface area contributed by atoms with E-state index in [1.165, 1.54) is 16.7 Å². The number of nitrogens with zero attached hydrogens (tertiary/aromatic N) is 5. The fourth-order valence-corrected chi connectivity index (χ4v) is 5.04. The molecule has 5 rings (SSSR count). The Kier molecular flexibility index (Phi) is 4.38. The molecule has 0 N–H and O–H groups in total. The van der Waals surface area contributed by atoms with Crippen molar-refractivity contribution in [1.29, 1.82) is 10.5 Å². The van der Waals surface area contributed by atoms with Crippen molar-refractivity contribution in [3.63, 3.8) is 0 Å². The number of hydrogen-bond acceptors (Lipinski definition) is 5. The van der Waals surface area contributed by atoms with Crippen LogP contribution in [-0.2, 0) is 19.3 Å². The summed E-state index contributed by atoms with van der Waals surface area (Å²) in [6, 6.07) is 16.2. The molecule has 2 aliphatic carbocycles. The van der Waals surface area contributed by atoms with Gasteiger partial charge >= 0.3 is 0 Å². The van der Waals surface area contributed by atoms with Crippen molar-refractivity contribution in [2.24, 2.45) is 10.4 Å². The lowest BCUT2D eigenvalue weighted by atomic mass is 9.75. The van der Waals surface area contributed by atoms with E-state index in [1.54, 1.807) is 6.07 Å². The molecular formula is C25H19N5. The first kappa shape index (κ1) is 18.2. The lowest BCUT2D eigenvalue weighted by molar-refractivity contribution is 0.391. The van der Waals surface area contributed by atoms with Crippen LogP contribution in [0.1, 0.15) is 40.7 Å². The Morgan fingerprint density at radius 2 is 1.70 bits per heavy atom. The number of hydrogen-bond donors (Lipinski definition) is 0. The fraction of sp³-hybridized carbons (Fsp3) is 0.240. The van der Waals surface area contributed by atoms with Gasteiger partial charge < -0.3 is 0 Å². The first-order valence-corrected chi connectivity index (χ1v) is 10.1. The normalized spacial score (nSPS) is 20.8. The number of aromatic nitrogens is 2. The van der Waals surface area contributed by atoms with Crippen LogP contribution in [0, 0.1) is 28.2 Å². The van der Waals surface area contributed by atoms with E-state index in [0.29, 0.717) is 5.56 Å². The largest absolute Gasteiger partial charge is 0.205 e. The summed E-state index contributed by atoms with van der Waals surface area (Å²) in [5.74, 6) is 0. The number of nitriles is 2. The van der Waals surface area contributed by atoms with Gasteiger partial charge in [0.1, 0.15) is 0 Å². The molecule has 0 radical (unpaired) electrons. The fourth-order valence-electron chi connectivity index (χ4n) is 5.04. The topological polar surface area (TPSA) is 85.7 Å². The Hall–Kier alpha value is -3.83. The van der Waals surface area contributed by atoms with Crippen molar-refractivity contribution in [3.05, 3.63) is 82.7 Å². The molecule has 1 heterocycles. The van der Waals surface area contributed by atoms with E-state index < -0.39 is 0 Å². The average molecular weight is 389 g/mol. The van der Waals surface area contributed by atoms with Crippen LogP contribution in [0.15, 0.2) is 59.9 Å². The van der Waals surface area contributed by atoms with Crippen molar-refractivity contribution in [2.75, 3.05) is 0 Å². The summed E-state index contributed by atoms with van der Waals surface area (Å²) in [6.45, 7) is 0. The summed E-state index contributed by atoms with van der Waals surface area (Å²) in [5, 5.41) is 26.9. The molecule has 0 amide bonds. The van der Waals surface area contributed by atoms with E-state index >= 15 is 0 Å². The highest BCUT2D eigenvalue weighted by atomic mass is 15.1. The Labute approximate surface area is 175 Å². The Bertz CT molecular complexity index is 1260. The molecule has 3 aromatic rings. The molecule has 2 aliphatic rings. The van der Waals surface area contributed by atoms with Crippen molar-refractivity contribution in [3.8, 4) is 23.4 Å². The Balaban J connectivity index is 1.61. The zero-order valence-corrected chi connectivity index (χ0v) is 16.5. The molecule has 1 unspecified atom stereocenters. The van der Waals surface area contributed by atoms with Gasteiger partial charge in [0.25, 0.3) is 0 Å². The second-order valence-corrected chi connectivity index (χ2v) is 8.15. The third-order valence-corrected chi connectivity index (χ3v) is 6.42. The Morgan fingerprint density at radius 1 is 0.900 bits per heavy atom. The summed E-state index contributed by atoms with van der Waals surface area (Å²) in [7, 11) is 0. The van der Waals surface area contributed by atoms with Crippen LogP contribution in [-0.4, -0.2) is 15.9 Å². The van der Waals surface area contributed by atoms with Crippen LogP contribution in [0.3, 0.4) is 0 Å². The van der Waals surface area contributed by atoms with Gasteiger partial charge in [0.2, 0.25) is 6.19 Å². The van der Waals surface area contributed by atoms with Gasteiger partial charge in [0.05, 0.1) is 29.7 Å². The minimum absolute atomic E-state index is 0.181. The number of aryl methyl sites for hydroxylation is 1. The molecule has 0 aliphatic heterocycles. The predicted octanol–water partition coefficient (Wildman–Crippen LogP) is 4.41. The van der Waals surface area contributed by atoms with Crippen molar-refractivity contribution >= 4 is 5.71 Å². The lowest BCUT2D eigenvalue weighted by Gasteiger charge is -2.28. The quantitative estimate of drug-likeness (QED) is 0.577. The molecule has 1 atom stereocenters. The average Bonchev–Trinajstić information content (AvgIpc) is 2.94. The van der Waals surface area contributed by atoms with Crippen LogP contribution in [0.4, 0.5) is 0 Å². The van der Waals surface area contributed by atoms with Gasteiger partial charge in [-0.2, -0.15) is 25.7 Å². The lowest BCUT2D eigenvalue weighted by Crippen LogP contribution is -2.31. The van der Waals surface area contributed by atoms with Gasteiger partial charge in [0, 0.05) is 11.0 Å². The summed E-state index contributed by atoms with van der Waals surface area (Å²) >= 11 is 0. The summed E-state index contributed by atoms with van der Waals surface area (Å²) in [5.41, 5.74) is 8.13. The summed E-state index contributed by atoms with van der Waals surface area (Å²) < 4.78 is 0.